The number of carboxylic acids is 1. The first-order chi connectivity index (χ1) is 13.5. The van der Waals surface area contributed by atoms with Crippen molar-refractivity contribution in [1.82, 2.24) is 19.7 Å². The second-order valence-corrected chi connectivity index (χ2v) is 7.35. The minimum absolute atomic E-state index is 0.381. The summed E-state index contributed by atoms with van der Waals surface area (Å²) in [6, 6.07) is 6.16. The minimum Gasteiger partial charge on any atom is -0.477 e. The average Bonchev–Trinajstić information content (AvgIpc) is 3.16. The molecule has 0 radical (unpaired) electrons. The molecular weight excluding hydrogens is 354 g/mol. The number of rotatable bonds is 4. The van der Waals surface area contributed by atoms with Crippen molar-refractivity contribution in [1.29, 1.82) is 0 Å². The summed E-state index contributed by atoms with van der Waals surface area (Å²) in [5.41, 5.74) is 6.37. The van der Waals surface area contributed by atoms with E-state index in [0.29, 0.717) is 12.2 Å². The summed E-state index contributed by atoms with van der Waals surface area (Å²) in [5, 5.41) is 19.0. The fraction of sp³-hybridized carbons (Fsp3) is 0.429. The summed E-state index contributed by atoms with van der Waals surface area (Å²) in [6.07, 6.45) is 0. The van der Waals surface area contributed by atoms with Crippen molar-refractivity contribution in [3.8, 4) is 11.1 Å². The molecule has 28 heavy (non-hydrogen) atoms. The second-order valence-electron chi connectivity index (χ2n) is 7.35. The number of benzene rings is 1. The van der Waals surface area contributed by atoms with Gasteiger partial charge in [0, 0.05) is 62.0 Å². The molecule has 0 amide bonds. The molecule has 2 aromatic heterocycles. The number of anilines is 1. The van der Waals surface area contributed by atoms with E-state index in [1.807, 2.05) is 36.2 Å². The van der Waals surface area contributed by atoms with Crippen LogP contribution in [0.5, 0.6) is 0 Å². The van der Waals surface area contributed by atoms with Crippen LogP contribution in [0.3, 0.4) is 0 Å². The summed E-state index contributed by atoms with van der Waals surface area (Å²) in [5.74, 6) is -0.878. The van der Waals surface area contributed by atoms with E-state index in [2.05, 4.69) is 34.4 Å². The fourth-order valence-electron chi connectivity index (χ4n) is 4.50. The third-order valence-electron chi connectivity index (χ3n) is 5.79. The Labute approximate surface area is 164 Å². The number of carbonyl (C=O) groups is 1. The topological polar surface area (TPSA) is 75.3 Å². The van der Waals surface area contributed by atoms with E-state index >= 15 is 0 Å². The lowest BCUT2D eigenvalue weighted by molar-refractivity contribution is 0.0686. The lowest BCUT2D eigenvalue weighted by atomic mass is 10.0. The number of aromatic nitrogens is 3. The van der Waals surface area contributed by atoms with E-state index in [0.717, 1.165) is 65.3 Å². The number of fused-ring (bicyclic) bond motifs is 1. The number of carboxylic acid groups (broad SMARTS) is 1. The van der Waals surface area contributed by atoms with Crippen molar-refractivity contribution in [3.63, 3.8) is 0 Å². The molecule has 148 valence electrons. The second kappa shape index (κ2) is 6.98. The van der Waals surface area contributed by atoms with E-state index < -0.39 is 5.97 Å². The standard InChI is InChI=1S/C21H27N5O2/c1-5-26-18-15(17-13(2)23-24(4)14(17)3)7-6-8-16(18)19(20(26)21(27)28)25-11-9-22-10-12-25/h6-8,22H,5,9-12H2,1-4H3,(H,27,28). The van der Waals surface area contributed by atoms with Gasteiger partial charge in [-0.1, -0.05) is 18.2 Å². The van der Waals surface area contributed by atoms with Crippen LogP contribution in [0.2, 0.25) is 0 Å². The number of hydrogen-bond donors (Lipinski definition) is 2. The average molecular weight is 381 g/mol. The van der Waals surface area contributed by atoms with Gasteiger partial charge in [0.15, 0.2) is 5.69 Å². The summed E-state index contributed by atoms with van der Waals surface area (Å²) >= 11 is 0. The molecule has 1 aliphatic heterocycles. The van der Waals surface area contributed by atoms with Gasteiger partial charge < -0.3 is 19.9 Å². The molecule has 4 rings (SSSR count). The van der Waals surface area contributed by atoms with Gasteiger partial charge in [-0.15, -0.1) is 0 Å². The monoisotopic (exact) mass is 381 g/mol. The summed E-state index contributed by atoms with van der Waals surface area (Å²) in [4.78, 5) is 14.5. The Hall–Kier alpha value is -2.80. The molecule has 0 unspecified atom stereocenters. The minimum atomic E-state index is -0.878. The molecule has 1 fully saturated rings. The molecule has 7 heteroatoms. The van der Waals surface area contributed by atoms with E-state index in [1.165, 1.54) is 0 Å². The van der Waals surface area contributed by atoms with Crippen LogP contribution >= 0.6 is 0 Å². The molecule has 2 N–H and O–H groups in total. The quantitative estimate of drug-likeness (QED) is 0.727. The zero-order chi connectivity index (χ0) is 20.0. The first kappa shape index (κ1) is 18.6. The predicted octanol–water partition coefficient (Wildman–Crippen LogP) is 2.79. The summed E-state index contributed by atoms with van der Waals surface area (Å²) in [7, 11) is 1.94. The number of nitrogens with zero attached hydrogens (tertiary/aromatic N) is 4. The summed E-state index contributed by atoms with van der Waals surface area (Å²) in [6.45, 7) is 10.00. The summed E-state index contributed by atoms with van der Waals surface area (Å²) < 4.78 is 3.84. The van der Waals surface area contributed by atoms with E-state index in [9.17, 15) is 9.90 Å². The third-order valence-corrected chi connectivity index (χ3v) is 5.79. The molecule has 1 aliphatic rings. The molecule has 7 nitrogen and oxygen atoms in total. The van der Waals surface area contributed by atoms with Crippen molar-refractivity contribution in [3.05, 3.63) is 35.3 Å². The van der Waals surface area contributed by atoms with Crippen molar-refractivity contribution in [2.75, 3.05) is 31.1 Å². The molecule has 0 atom stereocenters. The SMILES string of the molecule is CCn1c(C(=O)O)c(N2CCNCC2)c2cccc(-c3c(C)nn(C)c3C)c21. The Morgan fingerprint density at radius 2 is 1.96 bits per heavy atom. The molecule has 1 saturated heterocycles. The Balaban J connectivity index is 2.09. The highest BCUT2D eigenvalue weighted by Gasteiger charge is 2.29. The van der Waals surface area contributed by atoms with Gasteiger partial charge in [0.2, 0.25) is 0 Å². The van der Waals surface area contributed by atoms with Gasteiger partial charge in [-0.2, -0.15) is 5.10 Å². The van der Waals surface area contributed by atoms with Crippen LogP contribution in [0.25, 0.3) is 22.0 Å². The fourth-order valence-corrected chi connectivity index (χ4v) is 4.50. The maximum absolute atomic E-state index is 12.3. The van der Waals surface area contributed by atoms with E-state index in [4.69, 9.17) is 0 Å². The molecular formula is C21H27N5O2. The van der Waals surface area contributed by atoms with Crippen LogP contribution < -0.4 is 10.2 Å². The first-order valence-electron chi connectivity index (χ1n) is 9.80. The van der Waals surface area contributed by atoms with Crippen LogP contribution in [0.4, 0.5) is 5.69 Å². The van der Waals surface area contributed by atoms with Crippen LogP contribution in [0.15, 0.2) is 18.2 Å². The number of aromatic carboxylic acids is 1. The number of hydrogen-bond acceptors (Lipinski definition) is 4. The Morgan fingerprint density at radius 1 is 1.25 bits per heavy atom. The Kier molecular flexibility index (Phi) is 4.63. The van der Waals surface area contributed by atoms with Crippen LogP contribution in [-0.2, 0) is 13.6 Å². The van der Waals surface area contributed by atoms with Gasteiger partial charge >= 0.3 is 5.97 Å². The maximum atomic E-state index is 12.3. The van der Waals surface area contributed by atoms with Gasteiger partial charge in [0.25, 0.3) is 0 Å². The number of para-hydroxylation sites is 1. The van der Waals surface area contributed by atoms with Gasteiger partial charge in [0.05, 0.1) is 16.9 Å². The van der Waals surface area contributed by atoms with E-state index in [1.54, 1.807) is 0 Å². The van der Waals surface area contributed by atoms with Crippen LogP contribution in [0.1, 0.15) is 28.8 Å². The highest BCUT2D eigenvalue weighted by Crippen LogP contribution is 2.41. The lowest BCUT2D eigenvalue weighted by Crippen LogP contribution is -2.44. The van der Waals surface area contributed by atoms with Gasteiger partial charge in [0.1, 0.15) is 0 Å². The lowest BCUT2D eigenvalue weighted by Gasteiger charge is -2.29. The number of piperazine rings is 1. The maximum Gasteiger partial charge on any atom is 0.354 e. The zero-order valence-electron chi connectivity index (χ0n) is 16.9. The molecule has 3 aromatic rings. The van der Waals surface area contributed by atoms with Crippen molar-refractivity contribution < 1.29 is 9.90 Å². The highest BCUT2D eigenvalue weighted by molar-refractivity contribution is 6.11. The third kappa shape index (κ3) is 2.69. The molecule has 3 heterocycles. The number of aryl methyl sites for hydroxylation is 3. The number of nitrogens with one attached hydrogen (secondary N) is 1. The highest BCUT2D eigenvalue weighted by atomic mass is 16.4. The molecule has 1 aromatic carbocycles. The smallest absolute Gasteiger partial charge is 0.354 e. The molecule has 0 spiro atoms. The normalized spacial score (nSPS) is 14.8. The Bertz CT molecular complexity index is 1060. The van der Waals surface area contributed by atoms with Crippen molar-refractivity contribution in [2.24, 2.45) is 7.05 Å². The zero-order valence-corrected chi connectivity index (χ0v) is 16.9. The van der Waals surface area contributed by atoms with Crippen molar-refractivity contribution >= 4 is 22.6 Å². The largest absolute Gasteiger partial charge is 0.477 e. The predicted molar refractivity (Wildman–Crippen MR) is 111 cm³/mol. The van der Waals surface area contributed by atoms with Gasteiger partial charge in [-0.05, 0) is 20.8 Å². The molecule has 0 aliphatic carbocycles. The first-order valence-corrected chi connectivity index (χ1v) is 9.80. The van der Waals surface area contributed by atoms with E-state index in [-0.39, 0.29) is 0 Å². The van der Waals surface area contributed by atoms with Gasteiger partial charge in [-0.25, -0.2) is 4.79 Å². The van der Waals surface area contributed by atoms with Gasteiger partial charge in [-0.3, -0.25) is 4.68 Å². The van der Waals surface area contributed by atoms with Crippen LogP contribution in [-0.4, -0.2) is 51.6 Å². The van der Waals surface area contributed by atoms with Crippen LogP contribution in [0, 0.1) is 13.8 Å². The Morgan fingerprint density at radius 3 is 2.54 bits per heavy atom. The molecule has 0 saturated carbocycles. The van der Waals surface area contributed by atoms with Crippen molar-refractivity contribution in [2.45, 2.75) is 27.3 Å². The molecule has 0 bridgehead atoms.